The Balaban J connectivity index is 0.000000343. The molecule has 3 atom stereocenters. The molecule has 0 aromatic heterocycles. The van der Waals surface area contributed by atoms with Gasteiger partial charge in [0.15, 0.2) is 6.10 Å². The van der Waals surface area contributed by atoms with E-state index in [1.165, 1.54) is 10.6 Å². The molecule has 1 saturated carbocycles. The largest absolute Gasteiger partial charge is 0.496 e. The van der Waals surface area contributed by atoms with Crippen LogP contribution in [0.5, 0.6) is 5.75 Å². The van der Waals surface area contributed by atoms with Gasteiger partial charge in [-0.2, -0.15) is 0 Å². The monoisotopic (exact) mass is 642 g/mol. The molecular weight excluding hydrogens is 588 g/mol. The van der Waals surface area contributed by atoms with Gasteiger partial charge in [0.1, 0.15) is 5.75 Å². The van der Waals surface area contributed by atoms with Crippen molar-refractivity contribution >= 4 is 17.8 Å². The summed E-state index contributed by atoms with van der Waals surface area (Å²) in [6, 6.07) is 10.9. The zero-order chi connectivity index (χ0) is 35.9. The van der Waals surface area contributed by atoms with Crippen LogP contribution in [0, 0.1) is 50.4 Å². The summed E-state index contributed by atoms with van der Waals surface area (Å²) in [7, 11) is 1.56. The molecule has 1 aliphatic carbocycles. The number of nitrogens with zero attached hydrogens (tertiary/aromatic N) is 1. The molecule has 0 saturated heterocycles. The molecule has 47 heavy (non-hydrogen) atoms. The summed E-state index contributed by atoms with van der Waals surface area (Å²) in [5, 5.41) is 1.39. The van der Waals surface area contributed by atoms with Crippen LogP contribution in [0.3, 0.4) is 0 Å². The summed E-state index contributed by atoms with van der Waals surface area (Å²) < 4.78 is 10.8. The van der Waals surface area contributed by atoms with Gasteiger partial charge in [0.2, 0.25) is 0 Å². The highest BCUT2D eigenvalue weighted by Crippen LogP contribution is 2.60. The summed E-state index contributed by atoms with van der Waals surface area (Å²) in [6.07, 6.45) is 9.99. The third-order valence-electron chi connectivity index (χ3n) is 8.31. The van der Waals surface area contributed by atoms with Crippen molar-refractivity contribution in [1.29, 1.82) is 0 Å². The van der Waals surface area contributed by atoms with Gasteiger partial charge >= 0.3 is 5.97 Å². The fourth-order valence-electron chi connectivity index (χ4n) is 5.67. The maximum Gasteiger partial charge on any atom is 0.311 e. The molecule has 2 amide bonds. The lowest BCUT2D eigenvalue weighted by Gasteiger charge is -2.35. The second kappa shape index (κ2) is 16.0. The van der Waals surface area contributed by atoms with E-state index < -0.39 is 11.6 Å². The second-order valence-electron chi connectivity index (χ2n) is 14.2. The molecule has 0 radical (unpaired) electrons. The van der Waals surface area contributed by atoms with Crippen molar-refractivity contribution in [3.63, 3.8) is 0 Å². The maximum absolute atomic E-state index is 13.2. The average molecular weight is 643 g/mol. The van der Waals surface area contributed by atoms with Crippen molar-refractivity contribution in [3.8, 4) is 18.1 Å². The summed E-state index contributed by atoms with van der Waals surface area (Å²) >= 11 is 0. The summed E-state index contributed by atoms with van der Waals surface area (Å²) in [5.74, 6) is 2.59. The van der Waals surface area contributed by atoms with Crippen molar-refractivity contribution in [3.05, 3.63) is 87.5 Å². The van der Waals surface area contributed by atoms with E-state index in [1.807, 2.05) is 79.7 Å². The highest BCUT2D eigenvalue weighted by atomic mass is 16.5. The maximum atomic E-state index is 13.2. The van der Waals surface area contributed by atoms with Gasteiger partial charge in [-0.3, -0.25) is 19.8 Å². The molecule has 2 aromatic carbocycles. The van der Waals surface area contributed by atoms with Crippen molar-refractivity contribution in [2.75, 3.05) is 7.11 Å². The highest BCUT2D eigenvalue weighted by molar-refractivity contribution is 6.00. The van der Waals surface area contributed by atoms with Gasteiger partial charge in [-0.15, -0.1) is 6.42 Å². The van der Waals surface area contributed by atoms with Gasteiger partial charge in [-0.05, 0) is 110 Å². The van der Waals surface area contributed by atoms with Crippen LogP contribution >= 0.6 is 0 Å². The van der Waals surface area contributed by atoms with E-state index in [1.54, 1.807) is 25.3 Å². The molecule has 0 spiro atoms. The molecule has 2 unspecified atom stereocenters. The molecule has 3 rings (SSSR count). The number of aryl methyl sites for hydroxylation is 2. The Labute approximate surface area is 282 Å². The van der Waals surface area contributed by atoms with Crippen LogP contribution in [0.15, 0.2) is 59.7 Å². The first-order valence-electron chi connectivity index (χ1n) is 16.2. The number of benzene rings is 2. The number of terminal acetylenes is 1. The molecule has 7 heteroatoms. The third-order valence-corrected chi connectivity index (χ3v) is 8.31. The predicted molar refractivity (Wildman–Crippen MR) is 190 cm³/mol. The van der Waals surface area contributed by atoms with Gasteiger partial charge in [-0.25, -0.2) is 5.01 Å². The number of hydrogen-bond donors (Lipinski definition) is 1. The second-order valence-corrected chi connectivity index (χ2v) is 14.2. The van der Waals surface area contributed by atoms with Crippen molar-refractivity contribution < 1.29 is 23.9 Å². The SMILES string of the molecule is C#CC(OC(=O)[C@@H]1C(C=C(C)C)C1(C)C)/C(C)=C/CC.COc1cccc(C(=O)NN(C(=O)c2cc(C)cc(C)c2)C(C)(C)C)c1C. The molecule has 2 aromatic rings. The van der Waals surface area contributed by atoms with Crippen molar-refractivity contribution in [2.24, 2.45) is 17.3 Å². The molecule has 0 bridgehead atoms. The standard InChI is InChI=1S/C22H28N2O3.C18H26O2/c1-14-11-15(2)13-17(12-14)21(26)24(22(4,5)6)23-20(25)18-9-8-10-19(27-7)16(18)3;1-8-10-13(5)15(9-2)20-17(19)16-14(11-12(3)4)18(16,6)7/h8-13H,1-7H3,(H,23,25);2,10-11,14-16H,8H2,1,3-7H3/b;13-10+/t;14?,15?,16-/m.0/s1. The van der Waals surface area contributed by atoms with Crippen LogP contribution in [0.1, 0.15) is 106 Å². The lowest BCUT2D eigenvalue weighted by Crippen LogP contribution is -2.56. The molecule has 0 heterocycles. The van der Waals surface area contributed by atoms with E-state index in [2.05, 4.69) is 45.1 Å². The Hall–Kier alpha value is -4.31. The topological polar surface area (TPSA) is 84.9 Å². The molecule has 1 aliphatic rings. The molecule has 1 fully saturated rings. The van der Waals surface area contributed by atoms with Crippen molar-refractivity contribution in [2.45, 2.75) is 101 Å². The van der Waals surface area contributed by atoms with E-state index in [0.29, 0.717) is 16.9 Å². The number of rotatable bonds is 8. The lowest BCUT2D eigenvalue weighted by atomic mass is 10.0. The number of carbonyl (C=O) groups excluding carboxylic acids is 3. The van der Waals surface area contributed by atoms with Crippen LogP contribution in [0.25, 0.3) is 0 Å². The Morgan fingerprint density at radius 3 is 2.15 bits per heavy atom. The van der Waals surface area contributed by atoms with Gasteiger partial charge in [-0.1, -0.05) is 67.7 Å². The van der Waals surface area contributed by atoms with Crippen LogP contribution in [-0.2, 0) is 9.53 Å². The Bertz CT molecular complexity index is 1540. The molecule has 0 aliphatic heterocycles. The fraction of sp³-hybridized carbons (Fsp3) is 0.475. The number of amides is 2. The van der Waals surface area contributed by atoms with Crippen LogP contribution in [0.4, 0.5) is 0 Å². The van der Waals surface area contributed by atoms with Crippen molar-refractivity contribution in [1.82, 2.24) is 10.4 Å². The van der Waals surface area contributed by atoms with E-state index in [-0.39, 0.29) is 35.0 Å². The van der Waals surface area contributed by atoms with Crippen LogP contribution in [0.2, 0.25) is 0 Å². The normalized spacial score (nSPS) is 17.1. The zero-order valence-electron chi connectivity index (χ0n) is 30.6. The average Bonchev–Trinajstić information content (AvgIpc) is 3.51. The molecule has 7 nitrogen and oxygen atoms in total. The third kappa shape index (κ3) is 10.1. The number of nitrogens with one attached hydrogen (secondary N) is 1. The van der Waals surface area contributed by atoms with Crippen LogP contribution in [-0.4, -0.2) is 41.5 Å². The van der Waals surface area contributed by atoms with E-state index in [0.717, 1.165) is 28.7 Å². The lowest BCUT2D eigenvalue weighted by molar-refractivity contribution is -0.147. The molecule has 254 valence electrons. The minimum Gasteiger partial charge on any atom is -0.496 e. The minimum absolute atomic E-state index is 0.0319. The first kappa shape index (κ1) is 38.9. The first-order chi connectivity index (χ1) is 21.8. The number of carbonyl (C=O) groups is 3. The Morgan fingerprint density at radius 1 is 1.06 bits per heavy atom. The first-order valence-corrected chi connectivity index (χ1v) is 16.2. The number of methoxy groups -OCH3 is 1. The zero-order valence-corrected chi connectivity index (χ0v) is 30.6. The molecule has 1 N–H and O–H groups in total. The quantitative estimate of drug-likeness (QED) is 0.135. The van der Waals surface area contributed by atoms with Crippen LogP contribution < -0.4 is 10.2 Å². The molecular formula is C40H54N2O5. The van der Waals surface area contributed by atoms with E-state index in [9.17, 15) is 14.4 Å². The summed E-state index contributed by atoms with van der Waals surface area (Å²) in [6.45, 7) is 23.6. The van der Waals surface area contributed by atoms with E-state index >= 15 is 0 Å². The van der Waals surface area contributed by atoms with E-state index in [4.69, 9.17) is 15.9 Å². The highest BCUT2D eigenvalue weighted by Gasteiger charge is 2.61. The number of esters is 1. The number of hydrogen-bond acceptors (Lipinski definition) is 5. The summed E-state index contributed by atoms with van der Waals surface area (Å²) in [4.78, 5) is 38.4. The summed E-state index contributed by atoms with van der Waals surface area (Å²) in [5.41, 5.74) is 8.07. The predicted octanol–water partition coefficient (Wildman–Crippen LogP) is 8.33. The van der Waals surface area contributed by atoms with Gasteiger partial charge in [0.05, 0.1) is 18.6 Å². The van der Waals surface area contributed by atoms with Gasteiger partial charge in [0, 0.05) is 16.7 Å². The Kier molecular flexibility index (Phi) is 13.2. The number of hydrazine groups is 1. The minimum atomic E-state index is -0.600. The van der Waals surface area contributed by atoms with Gasteiger partial charge < -0.3 is 9.47 Å². The number of ether oxygens (including phenoxy) is 2. The fourth-order valence-corrected chi connectivity index (χ4v) is 5.67. The smallest absolute Gasteiger partial charge is 0.311 e. The number of allylic oxidation sites excluding steroid dienone is 3. The van der Waals surface area contributed by atoms with Gasteiger partial charge in [0.25, 0.3) is 11.8 Å². The Morgan fingerprint density at radius 2 is 1.66 bits per heavy atom.